The molecule has 94 heavy (non-hydrogen) atoms. The molecule has 0 bridgehead atoms. The fraction of sp³-hybridized carbons (Fsp3) is 0.101. The summed E-state index contributed by atoms with van der Waals surface area (Å²) in [6, 6.07) is 107. The van der Waals surface area contributed by atoms with Crippen molar-refractivity contribution in [2.24, 2.45) is 0 Å². The first-order valence-corrected chi connectivity index (χ1v) is 32.9. The van der Waals surface area contributed by atoms with Gasteiger partial charge in [-0.05, 0) is 195 Å². The van der Waals surface area contributed by atoms with Crippen molar-refractivity contribution in [3.8, 4) is 22.6 Å². The third-order valence-corrected chi connectivity index (χ3v) is 20.7. The van der Waals surface area contributed by atoms with Crippen molar-refractivity contribution in [1.82, 2.24) is 0 Å². The van der Waals surface area contributed by atoms with Crippen LogP contribution in [0.3, 0.4) is 0 Å². The predicted molar refractivity (Wildman–Crippen MR) is 394 cm³/mol. The summed E-state index contributed by atoms with van der Waals surface area (Å²) in [5.41, 5.74) is 19.4. The minimum absolute atomic E-state index is 0.0550. The van der Waals surface area contributed by atoms with E-state index in [4.69, 9.17) is 9.15 Å². The summed E-state index contributed by atoms with van der Waals surface area (Å²) in [6.45, 7) is 13.8. The summed E-state index contributed by atoms with van der Waals surface area (Å²) < 4.78 is 14.8. The van der Waals surface area contributed by atoms with E-state index in [-0.39, 0.29) is 10.8 Å². The Bertz CT molecular complexity index is 5880. The van der Waals surface area contributed by atoms with Crippen molar-refractivity contribution in [3.63, 3.8) is 0 Å². The number of nitrogens with zero attached hydrogens (tertiary/aromatic N) is 3. The van der Waals surface area contributed by atoms with Gasteiger partial charge in [0.2, 0.25) is 0 Å². The molecule has 16 aromatic rings. The highest BCUT2D eigenvalue weighted by Gasteiger charge is 2.55. The molecule has 0 radical (unpaired) electrons. The maximum absolute atomic E-state index is 7.61. The smallest absolute Gasteiger partial charge is 0.160 e. The third kappa shape index (κ3) is 7.76. The number of rotatable bonds is 6. The number of benzene rings is 15. The van der Waals surface area contributed by atoms with Crippen molar-refractivity contribution in [2.75, 3.05) is 14.7 Å². The minimum atomic E-state index is -0.985. The van der Waals surface area contributed by atoms with E-state index in [9.17, 15) is 0 Å². The van der Waals surface area contributed by atoms with Crippen LogP contribution in [-0.4, -0.2) is 0 Å². The van der Waals surface area contributed by atoms with Crippen molar-refractivity contribution in [2.45, 2.75) is 57.8 Å². The van der Waals surface area contributed by atoms with E-state index in [2.05, 4.69) is 341 Å². The molecule has 0 N–H and O–H groups in total. The van der Waals surface area contributed by atoms with Gasteiger partial charge in [-0.25, -0.2) is 0 Å². The fourth-order valence-electron chi connectivity index (χ4n) is 16.3. The van der Waals surface area contributed by atoms with Crippen LogP contribution < -0.4 is 19.4 Å². The monoisotopic (exact) mass is 1210 g/mol. The average molecular weight is 1210 g/mol. The molecule has 15 aromatic carbocycles. The number of fused-ring (bicyclic) bond motifs is 23. The number of hydrogen-bond acceptors (Lipinski definition) is 5. The number of para-hydroxylation sites is 5. The van der Waals surface area contributed by atoms with Crippen LogP contribution in [0, 0.1) is 0 Å². The molecule has 0 saturated carbocycles. The Balaban J connectivity index is 0.985. The summed E-state index contributed by atoms with van der Waals surface area (Å²) in [7, 11) is 0. The molecule has 448 valence electrons. The second kappa shape index (κ2) is 19.8. The van der Waals surface area contributed by atoms with Crippen LogP contribution in [0.15, 0.2) is 290 Å². The van der Waals surface area contributed by atoms with Crippen LogP contribution in [-0.2, 0) is 16.2 Å². The maximum Gasteiger partial charge on any atom is 0.160 e. The lowest BCUT2D eigenvalue weighted by molar-refractivity contribution is 0.473. The third-order valence-electron chi connectivity index (χ3n) is 20.7. The van der Waals surface area contributed by atoms with Crippen LogP contribution in [0.1, 0.15) is 74.9 Å². The fourth-order valence-corrected chi connectivity index (χ4v) is 16.3. The molecule has 5 heteroatoms. The summed E-state index contributed by atoms with van der Waals surface area (Å²) in [4.78, 5) is 7.49. The van der Waals surface area contributed by atoms with Gasteiger partial charge in [0, 0.05) is 38.9 Å². The SMILES string of the molecule is CC(C)(C)c1ccc(N(c2ccc3ccc4ccccc4c3c2)c2cc3c(c4ccccc24)-c2c(cc(N(c4ccc(C(C)(C)C)cc4)c4ccc5ccc6ccccc6c5c4)c4oc5ccccc5c24)C32c3ccccc3N3c4ccccc4Oc4cccc2c43)cc1. The van der Waals surface area contributed by atoms with Gasteiger partial charge in [-0.3, -0.25) is 0 Å². The van der Waals surface area contributed by atoms with Crippen LogP contribution in [0.4, 0.5) is 51.2 Å². The van der Waals surface area contributed by atoms with Gasteiger partial charge in [0.1, 0.15) is 5.58 Å². The zero-order valence-corrected chi connectivity index (χ0v) is 53.3. The summed E-state index contributed by atoms with van der Waals surface area (Å²) in [6.07, 6.45) is 0. The zero-order chi connectivity index (χ0) is 62.9. The lowest BCUT2D eigenvalue weighted by Gasteiger charge is -2.47. The molecule has 0 saturated heterocycles. The zero-order valence-electron chi connectivity index (χ0n) is 53.3. The highest BCUT2D eigenvalue weighted by Crippen LogP contribution is 2.70. The lowest BCUT2D eigenvalue weighted by atomic mass is 9.64. The molecule has 3 heterocycles. The van der Waals surface area contributed by atoms with E-state index in [0.29, 0.717) is 0 Å². The largest absolute Gasteiger partial charge is 0.454 e. The Kier molecular flexibility index (Phi) is 11.5. The van der Waals surface area contributed by atoms with Gasteiger partial charge in [-0.1, -0.05) is 236 Å². The number of ether oxygens (including phenoxy) is 1. The van der Waals surface area contributed by atoms with E-state index >= 15 is 0 Å². The Morgan fingerprint density at radius 2 is 0.787 bits per heavy atom. The summed E-state index contributed by atoms with van der Waals surface area (Å²) in [5.74, 6) is 1.63. The van der Waals surface area contributed by atoms with Crippen LogP contribution in [0.5, 0.6) is 11.5 Å². The van der Waals surface area contributed by atoms with Gasteiger partial charge >= 0.3 is 0 Å². The first-order chi connectivity index (χ1) is 45.9. The van der Waals surface area contributed by atoms with Crippen molar-refractivity contribution < 1.29 is 9.15 Å². The van der Waals surface area contributed by atoms with E-state index in [1.165, 1.54) is 76.5 Å². The average Bonchev–Trinajstić information content (AvgIpc) is 1.45. The van der Waals surface area contributed by atoms with Gasteiger partial charge in [-0.15, -0.1) is 0 Å². The highest BCUT2D eigenvalue weighted by molar-refractivity contribution is 6.25. The lowest BCUT2D eigenvalue weighted by Crippen LogP contribution is -2.37. The molecule has 1 aliphatic carbocycles. The van der Waals surface area contributed by atoms with E-state index in [0.717, 1.165) is 107 Å². The molecule has 0 amide bonds. The van der Waals surface area contributed by atoms with Crippen LogP contribution >= 0.6 is 0 Å². The summed E-state index contributed by atoms with van der Waals surface area (Å²) in [5, 5.41) is 14.0. The van der Waals surface area contributed by atoms with Crippen LogP contribution in [0.2, 0.25) is 0 Å². The van der Waals surface area contributed by atoms with Crippen LogP contribution in [0.25, 0.3) is 86.9 Å². The first-order valence-electron chi connectivity index (χ1n) is 32.9. The van der Waals surface area contributed by atoms with E-state index in [1.54, 1.807) is 0 Å². The molecule has 19 rings (SSSR count). The number of furan rings is 1. The van der Waals surface area contributed by atoms with E-state index < -0.39 is 5.41 Å². The Labute approximate surface area is 546 Å². The Morgan fingerprint density at radius 3 is 1.41 bits per heavy atom. The quantitative estimate of drug-likeness (QED) is 0.155. The second-order valence-electron chi connectivity index (χ2n) is 28.0. The standard InChI is InChI=1S/C89H65N3O2/c1-87(2,3)58-40-46-60(47-41-58)90(62-44-38-56-36-34-54-20-7-9-22-64(54)69(56)50-62)77-52-73-82(67-25-12-11-24-66(67)77)84-74(89(73)71-27-14-15-29-75(71)92-76-30-16-18-32-80(76)93-81-33-19-28-72(89)85(81)92)53-78(86-83(84)68-26-13-17-31-79(68)94-86)91(61-48-42-59(43-49-61)88(4,5)6)63-45-39-57-37-35-55-21-8-10-23-65(55)70(57)51-63/h7-53H,1-6H3. The van der Waals surface area contributed by atoms with Gasteiger partial charge in [-0.2, -0.15) is 0 Å². The molecule has 5 nitrogen and oxygen atoms in total. The Hall–Kier alpha value is -11.4. The second-order valence-corrected chi connectivity index (χ2v) is 28.0. The summed E-state index contributed by atoms with van der Waals surface area (Å²) >= 11 is 0. The molecule has 1 spiro atoms. The highest BCUT2D eigenvalue weighted by atomic mass is 16.5. The molecule has 0 fully saturated rings. The van der Waals surface area contributed by atoms with Crippen molar-refractivity contribution in [3.05, 3.63) is 318 Å². The van der Waals surface area contributed by atoms with Gasteiger partial charge in [0.05, 0.1) is 33.9 Å². The molecule has 3 aliphatic rings. The minimum Gasteiger partial charge on any atom is -0.454 e. The predicted octanol–water partition coefficient (Wildman–Crippen LogP) is 25.1. The topological polar surface area (TPSA) is 32.1 Å². The van der Waals surface area contributed by atoms with Gasteiger partial charge in [0.25, 0.3) is 0 Å². The molecular weight excluding hydrogens is 1140 g/mol. The Morgan fingerprint density at radius 1 is 0.330 bits per heavy atom. The number of anilines is 9. The normalized spacial score (nSPS) is 14.6. The molecule has 1 unspecified atom stereocenters. The molecule has 1 atom stereocenters. The van der Waals surface area contributed by atoms with Crippen molar-refractivity contribution in [1.29, 1.82) is 0 Å². The van der Waals surface area contributed by atoms with Gasteiger partial charge in [0.15, 0.2) is 17.1 Å². The first kappa shape index (κ1) is 54.3. The van der Waals surface area contributed by atoms with Gasteiger partial charge < -0.3 is 23.9 Å². The molecule has 1 aromatic heterocycles. The molecular formula is C89H65N3O2. The van der Waals surface area contributed by atoms with Crippen molar-refractivity contribution >= 4 is 127 Å². The molecule has 2 aliphatic heterocycles. The van der Waals surface area contributed by atoms with E-state index in [1.807, 2.05) is 0 Å². The maximum atomic E-state index is 7.61. The number of hydrogen-bond donors (Lipinski definition) is 0.